The van der Waals surface area contributed by atoms with Gasteiger partial charge < -0.3 is 4.74 Å². The van der Waals surface area contributed by atoms with Crippen LogP contribution in [0.3, 0.4) is 0 Å². The molecule has 0 atom stereocenters. The second kappa shape index (κ2) is 4.94. The van der Waals surface area contributed by atoms with Gasteiger partial charge in [0.2, 0.25) is 5.88 Å². The van der Waals surface area contributed by atoms with E-state index in [0.29, 0.717) is 18.1 Å². The lowest BCUT2D eigenvalue weighted by Crippen LogP contribution is -2.29. The monoisotopic (exact) mass is 231 g/mol. The molecule has 0 fully saturated rings. The molecule has 1 aromatic rings. The van der Waals surface area contributed by atoms with Crippen LogP contribution in [0.5, 0.6) is 5.88 Å². The number of nitrogens with zero attached hydrogens (tertiary/aromatic N) is 1. The zero-order valence-corrected chi connectivity index (χ0v) is 9.34. The van der Waals surface area contributed by atoms with Gasteiger partial charge in [0, 0.05) is 12.6 Å². The van der Waals surface area contributed by atoms with Crippen LogP contribution in [0.25, 0.3) is 0 Å². The first kappa shape index (κ1) is 11.7. The van der Waals surface area contributed by atoms with Crippen LogP contribution < -0.4 is 14.2 Å². The highest BCUT2D eigenvalue weighted by Crippen LogP contribution is 2.11. The molecule has 15 heavy (non-hydrogen) atoms. The highest BCUT2D eigenvalue weighted by Gasteiger charge is 2.07. The first-order valence-electron chi connectivity index (χ1n) is 4.35. The van der Waals surface area contributed by atoms with Crippen molar-refractivity contribution >= 4 is 15.9 Å². The average molecular weight is 231 g/mol. The Hall–Kier alpha value is -1.34. The van der Waals surface area contributed by atoms with Gasteiger partial charge >= 0.3 is 0 Å². The van der Waals surface area contributed by atoms with E-state index in [9.17, 15) is 8.42 Å². The van der Waals surface area contributed by atoms with Crippen molar-refractivity contribution in [2.45, 2.75) is 6.92 Å². The SMILES string of the molecule is CCNS(=O)(=O)Nc1ccc(OC)nc1. The van der Waals surface area contributed by atoms with Gasteiger partial charge in [-0.05, 0) is 6.07 Å². The molecule has 0 spiro atoms. The fourth-order valence-electron chi connectivity index (χ4n) is 0.943. The summed E-state index contributed by atoms with van der Waals surface area (Å²) in [6.45, 7) is 2.03. The number of pyridine rings is 1. The van der Waals surface area contributed by atoms with Crippen molar-refractivity contribution in [2.75, 3.05) is 18.4 Å². The van der Waals surface area contributed by atoms with Crippen molar-refractivity contribution in [1.29, 1.82) is 0 Å². The van der Waals surface area contributed by atoms with Gasteiger partial charge in [0.15, 0.2) is 0 Å². The maximum Gasteiger partial charge on any atom is 0.299 e. The van der Waals surface area contributed by atoms with Crippen LogP contribution in [0.1, 0.15) is 6.92 Å². The second-order valence-electron chi connectivity index (χ2n) is 2.69. The molecule has 0 bridgehead atoms. The topological polar surface area (TPSA) is 80.3 Å². The van der Waals surface area contributed by atoms with E-state index in [4.69, 9.17) is 4.74 Å². The van der Waals surface area contributed by atoms with E-state index in [1.54, 1.807) is 19.1 Å². The summed E-state index contributed by atoms with van der Waals surface area (Å²) in [5, 5.41) is 0. The Morgan fingerprint density at radius 2 is 2.20 bits per heavy atom. The molecule has 0 aliphatic carbocycles. The van der Waals surface area contributed by atoms with E-state index < -0.39 is 10.2 Å². The average Bonchev–Trinajstić information content (AvgIpc) is 2.18. The summed E-state index contributed by atoms with van der Waals surface area (Å²) < 4.78 is 32.0. The van der Waals surface area contributed by atoms with Crippen molar-refractivity contribution in [3.63, 3.8) is 0 Å². The zero-order valence-electron chi connectivity index (χ0n) is 8.52. The number of anilines is 1. The third kappa shape index (κ3) is 3.72. The number of methoxy groups -OCH3 is 1. The van der Waals surface area contributed by atoms with Crippen molar-refractivity contribution < 1.29 is 13.2 Å². The summed E-state index contributed by atoms with van der Waals surface area (Å²) in [6, 6.07) is 3.14. The van der Waals surface area contributed by atoms with E-state index in [-0.39, 0.29) is 0 Å². The third-order valence-corrected chi connectivity index (χ3v) is 2.71. The molecule has 0 radical (unpaired) electrons. The lowest BCUT2D eigenvalue weighted by Gasteiger charge is -2.07. The van der Waals surface area contributed by atoms with Crippen molar-refractivity contribution in [3.05, 3.63) is 18.3 Å². The van der Waals surface area contributed by atoms with Crippen LogP contribution in [-0.4, -0.2) is 27.1 Å². The van der Waals surface area contributed by atoms with E-state index in [1.807, 2.05) is 0 Å². The van der Waals surface area contributed by atoms with Gasteiger partial charge in [-0.25, -0.2) is 4.98 Å². The largest absolute Gasteiger partial charge is 0.481 e. The first-order valence-corrected chi connectivity index (χ1v) is 5.83. The maximum atomic E-state index is 11.3. The van der Waals surface area contributed by atoms with Crippen molar-refractivity contribution in [2.24, 2.45) is 0 Å². The Kier molecular flexibility index (Phi) is 3.87. The van der Waals surface area contributed by atoms with E-state index in [0.717, 1.165) is 0 Å². The molecule has 0 unspecified atom stereocenters. The predicted molar refractivity (Wildman–Crippen MR) is 57.0 cm³/mol. The van der Waals surface area contributed by atoms with Crippen LogP contribution in [0, 0.1) is 0 Å². The second-order valence-corrected chi connectivity index (χ2v) is 4.19. The minimum atomic E-state index is -3.49. The fraction of sp³-hybridized carbons (Fsp3) is 0.375. The molecule has 1 aromatic heterocycles. The van der Waals surface area contributed by atoms with E-state index >= 15 is 0 Å². The molecule has 1 heterocycles. The molecule has 2 N–H and O–H groups in total. The summed E-state index contributed by atoms with van der Waals surface area (Å²) in [4.78, 5) is 3.86. The molecule has 0 saturated carbocycles. The van der Waals surface area contributed by atoms with Crippen LogP contribution in [0.2, 0.25) is 0 Å². The highest BCUT2D eigenvalue weighted by molar-refractivity contribution is 7.90. The number of ether oxygens (including phenoxy) is 1. The Morgan fingerprint density at radius 3 is 2.67 bits per heavy atom. The molecule has 0 saturated heterocycles. The maximum absolute atomic E-state index is 11.3. The number of aromatic nitrogens is 1. The minimum absolute atomic E-state index is 0.332. The molecule has 6 nitrogen and oxygen atoms in total. The summed E-state index contributed by atoms with van der Waals surface area (Å²) >= 11 is 0. The summed E-state index contributed by atoms with van der Waals surface area (Å²) in [5.41, 5.74) is 0.386. The number of hydrogen-bond donors (Lipinski definition) is 2. The standard InChI is InChI=1S/C8H13N3O3S/c1-3-10-15(12,13)11-7-4-5-8(14-2)9-6-7/h4-6,10-11H,3H2,1-2H3. The smallest absolute Gasteiger partial charge is 0.299 e. The van der Waals surface area contributed by atoms with E-state index in [2.05, 4.69) is 14.4 Å². The Bertz CT molecular complexity index is 402. The van der Waals surface area contributed by atoms with Gasteiger partial charge in [0.25, 0.3) is 10.2 Å². The molecular formula is C8H13N3O3S. The number of rotatable bonds is 5. The van der Waals surface area contributed by atoms with Crippen molar-refractivity contribution in [1.82, 2.24) is 9.71 Å². The normalized spacial score (nSPS) is 11.1. The van der Waals surface area contributed by atoms with Gasteiger partial charge in [-0.1, -0.05) is 6.92 Å². The van der Waals surface area contributed by atoms with Gasteiger partial charge in [-0.2, -0.15) is 13.1 Å². The van der Waals surface area contributed by atoms with Crippen LogP contribution in [-0.2, 0) is 10.2 Å². The Morgan fingerprint density at radius 1 is 1.47 bits per heavy atom. The van der Waals surface area contributed by atoms with Gasteiger partial charge in [-0.3, -0.25) is 4.72 Å². The number of nitrogens with one attached hydrogen (secondary N) is 2. The van der Waals surface area contributed by atoms with E-state index in [1.165, 1.54) is 13.3 Å². The molecule has 84 valence electrons. The fourth-order valence-corrected chi connectivity index (χ4v) is 1.83. The third-order valence-electron chi connectivity index (χ3n) is 1.53. The van der Waals surface area contributed by atoms with Gasteiger partial charge in [0.1, 0.15) is 0 Å². The van der Waals surface area contributed by atoms with Gasteiger partial charge in [0.05, 0.1) is 19.0 Å². The van der Waals surface area contributed by atoms with Crippen LogP contribution in [0.15, 0.2) is 18.3 Å². The summed E-state index contributed by atoms with van der Waals surface area (Å²) in [7, 11) is -1.99. The molecule has 0 aliphatic heterocycles. The lowest BCUT2D eigenvalue weighted by molar-refractivity contribution is 0.398. The molecule has 7 heteroatoms. The number of hydrogen-bond acceptors (Lipinski definition) is 4. The first-order chi connectivity index (χ1) is 7.07. The Balaban J connectivity index is 2.73. The lowest BCUT2D eigenvalue weighted by atomic mass is 10.4. The predicted octanol–water partition coefficient (Wildman–Crippen LogP) is 0.356. The molecule has 0 aliphatic rings. The minimum Gasteiger partial charge on any atom is -0.481 e. The molecule has 0 aromatic carbocycles. The highest BCUT2D eigenvalue weighted by atomic mass is 32.2. The molecular weight excluding hydrogens is 218 g/mol. The van der Waals surface area contributed by atoms with Crippen molar-refractivity contribution in [3.8, 4) is 5.88 Å². The molecule has 0 amide bonds. The van der Waals surface area contributed by atoms with Gasteiger partial charge in [-0.15, -0.1) is 0 Å². The summed E-state index contributed by atoms with van der Waals surface area (Å²) in [5.74, 6) is 0.432. The quantitative estimate of drug-likeness (QED) is 0.766. The summed E-state index contributed by atoms with van der Waals surface area (Å²) in [6.07, 6.45) is 1.38. The Labute approximate surface area is 88.9 Å². The zero-order chi connectivity index (χ0) is 11.3. The van der Waals surface area contributed by atoms with Crippen LogP contribution >= 0.6 is 0 Å². The molecule has 1 rings (SSSR count). The van der Waals surface area contributed by atoms with Crippen LogP contribution in [0.4, 0.5) is 5.69 Å².